The molecule has 0 aliphatic carbocycles. The van der Waals surface area contributed by atoms with Crippen molar-refractivity contribution in [1.29, 1.82) is 10.5 Å². The molecule has 2 aromatic carbocycles. The quantitative estimate of drug-likeness (QED) is 0.784. The van der Waals surface area contributed by atoms with Gasteiger partial charge in [0.1, 0.15) is 23.4 Å². The van der Waals surface area contributed by atoms with Crippen LogP contribution in [-0.2, 0) is 9.53 Å². The summed E-state index contributed by atoms with van der Waals surface area (Å²) in [6, 6.07) is 13.7. The zero-order valence-corrected chi connectivity index (χ0v) is 12.8. The molecule has 0 fully saturated rings. The Labute approximate surface area is 138 Å². The number of halogens is 1. The van der Waals surface area contributed by atoms with Gasteiger partial charge in [-0.15, -0.1) is 0 Å². The van der Waals surface area contributed by atoms with Crippen LogP contribution in [0.2, 0.25) is 0 Å². The molecule has 0 spiro atoms. The summed E-state index contributed by atoms with van der Waals surface area (Å²) < 4.78 is 23.6. The summed E-state index contributed by atoms with van der Waals surface area (Å²) in [5.41, 5.74) is 0.216. The van der Waals surface area contributed by atoms with Gasteiger partial charge >= 0.3 is 5.97 Å². The molecule has 0 aliphatic heterocycles. The average Bonchev–Trinajstić information content (AvgIpc) is 2.56. The van der Waals surface area contributed by atoms with Crippen LogP contribution in [0.15, 0.2) is 42.5 Å². The summed E-state index contributed by atoms with van der Waals surface area (Å²) in [5.74, 6) is -2.13. The summed E-state index contributed by atoms with van der Waals surface area (Å²) in [6.07, 6.45) is 0. The third-order valence-corrected chi connectivity index (χ3v) is 3.16. The minimum Gasteiger partial charge on any atom is -0.465 e. The van der Waals surface area contributed by atoms with Gasteiger partial charge in [0, 0.05) is 11.6 Å². The number of nitriles is 2. The Morgan fingerprint density at radius 2 is 2.00 bits per heavy atom. The van der Waals surface area contributed by atoms with Crippen molar-refractivity contribution in [2.24, 2.45) is 0 Å². The molecule has 1 atom stereocenters. The summed E-state index contributed by atoms with van der Waals surface area (Å²) in [5, 5.41) is 18.7. The standard InChI is InChI=1S/C18H13FN2O3/c1-2-23-18(22)16(11-21)14-7-4-8-17(15(14)10-20)24-13-6-3-5-12(19)9-13/h3-9,16H,2H2,1H3. The van der Waals surface area contributed by atoms with Crippen LogP contribution in [0.1, 0.15) is 24.0 Å². The van der Waals surface area contributed by atoms with Gasteiger partial charge in [-0.3, -0.25) is 4.79 Å². The maximum absolute atomic E-state index is 13.3. The molecule has 0 N–H and O–H groups in total. The highest BCUT2D eigenvalue weighted by Gasteiger charge is 2.26. The minimum absolute atomic E-state index is 0.0290. The van der Waals surface area contributed by atoms with Crippen LogP contribution < -0.4 is 4.74 Å². The predicted molar refractivity (Wildman–Crippen MR) is 82.6 cm³/mol. The Morgan fingerprint density at radius 3 is 2.62 bits per heavy atom. The highest BCUT2D eigenvalue weighted by atomic mass is 19.1. The Kier molecular flexibility index (Phi) is 5.49. The maximum Gasteiger partial charge on any atom is 0.327 e. The zero-order valence-electron chi connectivity index (χ0n) is 12.8. The molecular formula is C18H13FN2O3. The van der Waals surface area contributed by atoms with Crippen molar-refractivity contribution in [1.82, 2.24) is 0 Å². The number of hydrogen-bond acceptors (Lipinski definition) is 5. The number of rotatable bonds is 5. The van der Waals surface area contributed by atoms with Crippen LogP contribution >= 0.6 is 0 Å². The third kappa shape index (κ3) is 3.68. The van der Waals surface area contributed by atoms with Crippen LogP contribution in [0.4, 0.5) is 4.39 Å². The molecule has 1 unspecified atom stereocenters. The summed E-state index contributed by atoms with van der Waals surface area (Å²) in [4.78, 5) is 11.9. The lowest BCUT2D eigenvalue weighted by molar-refractivity contribution is -0.143. The second-order valence-corrected chi connectivity index (χ2v) is 4.71. The van der Waals surface area contributed by atoms with Gasteiger partial charge in [0.05, 0.1) is 18.2 Å². The molecule has 24 heavy (non-hydrogen) atoms. The molecular weight excluding hydrogens is 311 g/mol. The monoisotopic (exact) mass is 324 g/mol. The molecule has 0 heterocycles. The van der Waals surface area contributed by atoms with Crippen molar-refractivity contribution >= 4 is 5.97 Å². The van der Waals surface area contributed by atoms with Crippen LogP contribution in [0.25, 0.3) is 0 Å². The van der Waals surface area contributed by atoms with E-state index in [1.807, 2.05) is 12.1 Å². The number of esters is 1. The van der Waals surface area contributed by atoms with Gasteiger partial charge in [-0.2, -0.15) is 10.5 Å². The maximum atomic E-state index is 13.3. The van der Waals surface area contributed by atoms with E-state index in [9.17, 15) is 19.7 Å². The van der Waals surface area contributed by atoms with Gasteiger partial charge in [0.2, 0.25) is 0 Å². The molecule has 120 valence electrons. The van der Waals surface area contributed by atoms with Crippen molar-refractivity contribution < 1.29 is 18.7 Å². The largest absolute Gasteiger partial charge is 0.465 e. The second kappa shape index (κ2) is 7.75. The highest BCUT2D eigenvalue weighted by molar-refractivity contribution is 5.82. The minimum atomic E-state index is -1.24. The van der Waals surface area contributed by atoms with Crippen molar-refractivity contribution in [2.75, 3.05) is 6.61 Å². The first kappa shape index (κ1) is 17.0. The number of ether oxygens (including phenoxy) is 2. The topological polar surface area (TPSA) is 83.1 Å². The molecule has 0 bridgehead atoms. The average molecular weight is 324 g/mol. The van der Waals surface area contributed by atoms with Crippen LogP contribution in [0.3, 0.4) is 0 Å². The van der Waals surface area contributed by atoms with Crippen LogP contribution in [0.5, 0.6) is 11.5 Å². The molecule has 6 heteroatoms. The molecule has 0 radical (unpaired) electrons. The first-order valence-electron chi connectivity index (χ1n) is 7.13. The fraction of sp³-hybridized carbons (Fsp3) is 0.167. The van der Waals surface area contributed by atoms with Crippen molar-refractivity contribution in [3.05, 3.63) is 59.4 Å². The number of carbonyl (C=O) groups is 1. The fourth-order valence-corrected chi connectivity index (χ4v) is 2.13. The van der Waals surface area contributed by atoms with Crippen molar-refractivity contribution in [3.63, 3.8) is 0 Å². The second-order valence-electron chi connectivity index (χ2n) is 4.71. The van der Waals surface area contributed by atoms with Gasteiger partial charge in [0.15, 0.2) is 5.92 Å². The summed E-state index contributed by atoms with van der Waals surface area (Å²) in [7, 11) is 0. The zero-order chi connectivity index (χ0) is 17.5. The van der Waals surface area contributed by atoms with Gasteiger partial charge in [0.25, 0.3) is 0 Å². The SMILES string of the molecule is CCOC(=O)C(C#N)c1cccc(Oc2cccc(F)c2)c1C#N. The van der Waals surface area contributed by atoms with E-state index in [0.717, 1.165) is 0 Å². The van der Waals surface area contributed by atoms with E-state index in [2.05, 4.69) is 0 Å². The van der Waals surface area contributed by atoms with E-state index in [1.54, 1.807) is 13.0 Å². The highest BCUT2D eigenvalue weighted by Crippen LogP contribution is 2.31. The molecule has 2 rings (SSSR count). The number of nitrogens with zero attached hydrogens (tertiary/aromatic N) is 2. The molecule has 2 aromatic rings. The van der Waals surface area contributed by atoms with Gasteiger partial charge < -0.3 is 9.47 Å². The molecule has 0 aliphatic rings. The Bertz CT molecular complexity index is 837. The van der Waals surface area contributed by atoms with Crippen LogP contribution in [-0.4, -0.2) is 12.6 Å². The first-order valence-corrected chi connectivity index (χ1v) is 7.13. The molecule has 5 nitrogen and oxygen atoms in total. The first-order chi connectivity index (χ1) is 11.6. The summed E-state index contributed by atoms with van der Waals surface area (Å²) >= 11 is 0. The molecule has 0 saturated carbocycles. The van der Waals surface area contributed by atoms with Crippen molar-refractivity contribution in [2.45, 2.75) is 12.8 Å². The lowest BCUT2D eigenvalue weighted by atomic mass is 9.95. The number of carbonyl (C=O) groups excluding carboxylic acids is 1. The smallest absolute Gasteiger partial charge is 0.327 e. The van der Waals surface area contributed by atoms with E-state index >= 15 is 0 Å². The molecule has 0 aromatic heterocycles. The fourth-order valence-electron chi connectivity index (χ4n) is 2.13. The van der Waals surface area contributed by atoms with Crippen molar-refractivity contribution in [3.8, 4) is 23.6 Å². The summed E-state index contributed by atoms with van der Waals surface area (Å²) in [6.45, 7) is 1.75. The van der Waals surface area contributed by atoms with Gasteiger partial charge in [-0.1, -0.05) is 18.2 Å². The number of benzene rings is 2. The van der Waals surface area contributed by atoms with E-state index < -0.39 is 17.7 Å². The van der Waals surface area contributed by atoms with Gasteiger partial charge in [-0.25, -0.2) is 4.39 Å². The van der Waals surface area contributed by atoms with E-state index in [0.29, 0.717) is 0 Å². The lowest BCUT2D eigenvalue weighted by Crippen LogP contribution is -2.15. The Balaban J connectivity index is 2.44. The predicted octanol–water partition coefficient (Wildman–Crippen LogP) is 3.66. The molecule has 0 amide bonds. The number of hydrogen-bond donors (Lipinski definition) is 0. The Morgan fingerprint density at radius 1 is 1.25 bits per heavy atom. The Hall–Kier alpha value is -3.38. The normalized spacial score (nSPS) is 11.0. The van der Waals surface area contributed by atoms with E-state index in [1.165, 1.54) is 36.4 Å². The molecule has 0 saturated heterocycles. The van der Waals surface area contributed by atoms with E-state index in [-0.39, 0.29) is 29.2 Å². The lowest BCUT2D eigenvalue weighted by Gasteiger charge is -2.13. The van der Waals surface area contributed by atoms with E-state index in [4.69, 9.17) is 9.47 Å². The third-order valence-electron chi connectivity index (χ3n) is 3.16. The van der Waals surface area contributed by atoms with Gasteiger partial charge in [-0.05, 0) is 25.1 Å². The van der Waals surface area contributed by atoms with Crippen LogP contribution in [0, 0.1) is 28.5 Å².